The zero-order valence-electron chi connectivity index (χ0n) is 21.5. The van der Waals surface area contributed by atoms with Crippen LogP contribution in [-0.4, -0.2) is 26.8 Å². The molecule has 0 aliphatic heterocycles. The van der Waals surface area contributed by atoms with Crippen molar-refractivity contribution in [2.75, 3.05) is 14.2 Å². The van der Waals surface area contributed by atoms with Gasteiger partial charge < -0.3 is 18.9 Å². The lowest BCUT2D eigenvalue weighted by Gasteiger charge is -2.12. The molecule has 0 atom stereocenters. The molecule has 0 amide bonds. The van der Waals surface area contributed by atoms with E-state index in [-0.39, 0.29) is 24.3 Å². The molecule has 0 heterocycles. The highest BCUT2D eigenvalue weighted by Gasteiger charge is 2.11. The van der Waals surface area contributed by atoms with Crippen molar-refractivity contribution in [3.8, 4) is 23.0 Å². The maximum atomic E-state index is 13.6. The van der Waals surface area contributed by atoms with Gasteiger partial charge in [0.2, 0.25) is 0 Å². The van der Waals surface area contributed by atoms with Crippen LogP contribution in [0.5, 0.6) is 23.0 Å². The molecule has 0 N–H and O–H groups in total. The minimum Gasteiger partial charge on any atom is -0.496 e. The molecule has 4 aromatic rings. The highest BCUT2D eigenvalue weighted by atomic mass is 35.5. The van der Waals surface area contributed by atoms with Gasteiger partial charge in [-0.15, -0.1) is 0 Å². The summed E-state index contributed by atoms with van der Waals surface area (Å²) in [5, 5.41) is 0.606. The van der Waals surface area contributed by atoms with Crippen LogP contribution in [0.25, 0.3) is 0 Å². The van der Waals surface area contributed by atoms with Crippen molar-refractivity contribution >= 4 is 35.8 Å². The fourth-order valence-corrected chi connectivity index (χ4v) is 3.84. The largest absolute Gasteiger partial charge is 0.496 e. The summed E-state index contributed by atoms with van der Waals surface area (Å²) in [5.41, 5.74) is 1.45. The van der Waals surface area contributed by atoms with E-state index in [1.807, 2.05) is 0 Å². The average Bonchev–Trinajstić information content (AvgIpc) is 2.96. The van der Waals surface area contributed by atoms with E-state index in [1.165, 1.54) is 38.5 Å². The molecule has 208 valence electrons. The maximum absolute atomic E-state index is 13.6. The van der Waals surface area contributed by atoms with E-state index in [1.54, 1.807) is 48.5 Å². The predicted octanol–water partition coefficient (Wildman–Crippen LogP) is 7.76. The summed E-state index contributed by atoms with van der Waals surface area (Å²) in [7, 11) is 2.92. The van der Waals surface area contributed by atoms with Crippen molar-refractivity contribution in [2.45, 2.75) is 13.2 Å². The van der Waals surface area contributed by atoms with Gasteiger partial charge in [0.25, 0.3) is 0 Å². The quantitative estimate of drug-likeness (QED) is 0.176. The fourth-order valence-electron chi connectivity index (χ4n) is 3.40. The number of carbonyl (C=O) groups excluding carboxylic acids is 2. The Kier molecular flexibility index (Phi) is 11.3. The lowest BCUT2D eigenvalue weighted by atomic mass is 10.2. The van der Waals surface area contributed by atoms with Crippen molar-refractivity contribution in [3.05, 3.63) is 117 Å². The monoisotopic (exact) mass is 588 g/mol. The van der Waals surface area contributed by atoms with E-state index in [0.29, 0.717) is 56.7 Å². The van der Waals surface area contributed by atoms with Gasteiger partial charge in [-0.25, -0.2) is 8.78 Å². The van der Waals surface area contributed by atoms with Crippen molar-refractivity contribution in [2.24, 2.45) is 0 Å². The van der Waals surface area contributed by atoms with Gasteiger partial charge in [0, 0.05) is 22.8 Å². The SMILES string of the molecule is COc1cc(C=O)ccc1OCc1c(F)cccc1Cl.COc1cc(OCc2c(F)cccc2Cl)ccc1C=O. The first-order valence-electron chi connectivity index (χ1n) is 11.7. The standard InChI is InChI=1S/2C15H12ClFO3/c1-19-15-7-11(6-5-10(15)8-18)20-9-12-13(16)3-2-4-14(12)17;1-19-15-7-10(8-18)5-6-14(15)20-9-11-12(16)3-2-4-13(11)17/h2*2-8H,9H2,1H3. The van der Waals surface area contributed by atoms with Gasteiger partial charge in [-0.2, -0.15) is 0 Å². The van der Waals surface area contributed by atoms with Crippen LogP contribution in [-0.2, 0) is 13.2 Å². The molecule has 0 aromatic heterocycles. The van der Waals surface area contributed by atoms with Crippen LogP contribution in [0.15, 0.2) is 72.8 Å². The number of hydrogen-bond donors (Lipinski definition) is 0. The van der Waals surface area contributed by atoms with E-state index >= 15 is 0 Å². The third-order valence-electron chi connectivity index (χ3n) is 5.53. The second-order valence-corrected chi connectivity index (χ2v) is 8.84. The molecule has 0 saturated carbocycles. The lowest BCUT2D eigenvalue weighted by Crippen LogP contribution is -2.01. The van der Waals surface area contributed by atoms with E-state index < -0.39 is 11.6 Å². The first-order valence-corrected chi connectivity index (χ1v) is 12.4. The Morgan fingerprint density at radius 2 is 1.27 bits per heavy atom. The van der Waals surface area contributed by atoms with E-state index in [2.05, 4.69) is 0 Å². The van der Waals surface area contributed by atoms with Crippen LogP contribution >= 0.6 is 23.2 Å². The molecular weight excluding hydrogens is 565 g/mol. The number of benzene rings is 4. The number of carbonyl (C=O) groups is 2. The van der Waals surface area contributed by atoms with Crippen molar-refractivity contribution < 1.29 is 37.3 Å². The molecule has 0 aliphatic rings. The number of methoxy groups -OCH3 is 2. The normalized spacial score (nSPS) is 10.2. The number of hydrogen-bond acceptors (Lipinski definition) is 6. The highest BCUT2D eigenvalue weighted by Crippen LogP contribution is 2.30. The third-order valence-corrected chi connectivity index (χ3v) is 6.24. The topological polar surface area (TPSA) is 71.1 Å². The van der Waals surface area contributed by atoms with Gasteiger partial charge in [0.05, 0.1) is 29.8 Å². The van der Waals surface area contributed by atoms with Crippen LogP contribution in [0, 0.1) is 11.6 Å². The molecule has 0 unspecified atom stereocenters. The number of ether oxygens (including phenoxy) is 4. The Morgan fingerprint density at radius 3 is 1.80 bits per heavy atom. The molecule has 4 rings (SSSR count). The minimum absolute atomic E-state index is 0.00486. The summed E-state index contributed by atoms with van der Waals surface area (Å²) in [6.07, 6.45) is 1.40. The number of rotatable bonds is 10. The molecule has 40 heavy (non-hydrogen) atoms. The molecule has 0 radical (unpaired) electrons. The number of aldehydes is 2. The molecule has 0 spiro atoms. The molecule has 0 fully saturated rings. The van der Waals surface area contributed by atoms with Gasteiger partial charge >= 0.3 is 0 Å². The molecule has 0 bridgehead atoms. The van der Waals surface area contributed by atoms with Gasteiger partial charge in [-0.3, -0.25) is 9.59 Å². The fraction of sp³-hybridized carbons (Fsp3) is 0.133. The van der Waals surface area contributed by atoms with Gasteiger partial charge in [-0.05, 0) is 54.6 Å². The summed E-state index contributed by atoms with van der Waals surface area (Å²) in [4.78, 5) is 21.5. The second-order valence-electron chi connectivity index (χ2n) is 8.03. The second kappa shape index (κ2) is 14.9. The Hall–Kier alpha value is -4.14. The van der Waals surface area contributed by atoms with Crippen LogP contribution in [0.4, 0.5) is 8.78 Å². The van der Waals surface area contributed by atoms with Crippen LogP contribution in [0.1, 0.15) is 31.8 Å². The number of halogens is 4. The summed E-state index contributed by atoms with van der Waals surface area (Å²) in [6.45, 7) is -0.0304. The molecule has 0 saturated heterocycles. The predicted molar refractivity (Wildman–Crippen MR) is 148 cm³/mol. The average molecular weight is 589 g/mol. The zero-order chi connectivity index (χ0) is 29.1. The molecular formula is C30H24Cl2F2O6. The van der Waals surface area contributed by atoms with Gasteiger partial charge in [0.15, 0.2) is 17.8 Å². The Bertz CT molecular complexity index is 1440. The summed E-state index contributed by atoms with van der Waals surface area (Å²) in [5.74, 6) is 0.832. The zero-order valence-corrected chi connectivity index (χ0v) is 23.0. The summed E-state index contributed by atoms with van der Waals surface area (Å²) >= 11 is 11.8. The molecule has 6 nitrogen and oxygen atoms in total. The Balaban J connectivity index is 0.000000220. The smallest absolute Gasteiger partial charge is 0.161 e. The van der Waals surface area contributed by atoms with Crippen LogP contribution in [0.3, 0.4) is 0 Å². The maximum Gasteiger partial charge on any atom is 0.161 e. The van der Waals surface area contributed by atoms with Crippen LogP contribution < -0.4 is 18.9 Å². The first kappa shape index (κ1) is 30.4. The van der Waals surface area contributed by atoms with E-state index in [0.717, 1.165) is 0 Å². The lowest BCUT2D eigenvalue weighted by molar-refractivity contribution is 0.111. The van der Waals surface area contributed by atoms with Gasteiger partial charge in [-0.1, -0.05) is 35.3 Å². The first-order chi connectivity index (χ1) is 19.3. The van der Waals surface area contributed by atoms with Crippen molar-refractivity contribution in [1.29, 1.82) is 0 Å². The highest BCUT2D eigenvalue weighted by molar-refractivity contribution is 6.31. The van der Waals surface area contributed by atoms with Gasteiger partial charge in [0.1, 0.15) is 42.6 Å². The minimum atomic E-state index is -0.430. The van der Waals surface area contributed by atoms with E-state index in [9.17, 15) is 18.4 Å². The molecule has 0 aliphatic carbocycles. The van der Waals surface area contributed by atoms with Crippen LogP contribution in [0.2, 0.25) is 10.0 Å². The molecule has 10 heteroatoms. The Labute approximate surface area is 240 Å². The summed E-state index contributed by atoms with van der Waals surface area (Å²) in [6, 6.07) is 18.4. The Morgan fingerprint density at radius 1 is 0.675 bits per heavy atom. The summed E-state index contributed by atoms with van der Waals surface area (Å²) < 4.78 is 48.4. The third kappa shape index (κ3) is 7.94. The molecule has 4 aromatic carbocycles. The van der Waals surface area contributed by atoms with Crippen molar-refractivity contribution in [3.63, 3.8) is 0 Å². The van der Waals surface area contributed by atoms with Crippen molar-refractivity contribution in [1.82, 2.24) is 0 Å². The van der Waals surface area contributed by atoms with E-state index in [4.69, 9.17) is 42.1 Å².